The third kappa shape index (κ3) is 3.29. The molecule has 5 unspecified atom stereocenters. The molecule has 1 saturated carbocycles. The molecule has 0 bridgehead atoms. The average molecular weight is 573 g/mol. The number of hydrogen-bond acceptors (Lipinski definition) is 8. The molecular formula is C20H28BrClNO9P. The van der Waals surface area contributed by atoms with Gasteiger partial charge in [-0.25, -0.2) is 4.57 Å². The van der Waals surface area contributed by atoms with Crippen LogP contribution in [0.4, 0.5) is 0 Å². The average Bonchev–Trinajstić information content (AvgIpc) is 3.05. The minimum absolute atomic E-state index is 0.161. The largest absolute Gasteiger partial charge is 0.528 e. The van der Waals surface area contributed by atoms with Crippen LogP contribution < -0.4 is 4.52 Å². The Morgan fingerprint density at radius 2 is 1.36 bits per heavy atom. The summed E-state index contributed by atoms with van der Waals surface area (Å²) in [5.74, 6) is -0.161. The summed E-state index contributed by atoms with van der Waals surface area (Å²) in [7, 11) is -5.19. The van der Waals surface area contributed by atoms with Crippen LogP contribution in [0, 0.1) is 0 Å². The van der Waals surface area contributed by atoms with Gasteiger partial charge in [-0.1, -0.05) is 11.6 Å². The molecule has 1 aromatic heterocycles. The SMILES string of the molecule is CC1(O)C(C)(O)C(C)(O)C(C)(OP(=O)(O)Oc2c[nH]c3ccc(Br)c(Cl)c23)C(C)(O)C1(C)O. The van der Waals surface area contributed by atoms with E-state index >= 15 is 0 Å². The minimum Gasteiger partial charge on any atom is -0.402 e. The van der Waals surface area contributed by atoms with Crippen LogP contribution >= 0.6 is 35.4 Å². The second kappa shape index (κ2) is 7.39. The van der Waals surface area contributed by atoms with Crippen molar-refractivity contribution >= 4 is 46.3 Å². The molecule has 1 fully saturated rings. The topological polar surface area (TPSA) is 173 Å². The molecular weight excluding hydrogens is 545 g/mol. The van der Waals surface area contributed by atoms with Gasteiger partial charge >= 0.3 is 7.82 Å². The highest BCUT2D eigenvalue weighted by atomic mass is 79.9. The summed E-state index contributed by atoms with van der Waals surface area (Å²) in [5.41, 5.74) is -14.9. The number of phosphoric ester groups is 1. The first-order chi connectivity index (χ1) is 14.6. The van der Waals surface area contributed by atoms with Crippen LogP contribution in [0.3, 0.4) is 0 Å². The van der Waals surface area contributed by atoms with Crippen LogP contribution in [0.25, 0.3) is 10.9 Å². The maximum absolute atomic E-state index is 13.1. The number of rotatable bonds is 4. The van der Waals surface area contributed by atoms with E-state index in [-0.39, 0.29) is 16.2 Å². The van der Waals surface area contributed by atoms with E-state index in [1.54, 1.807) is 12.1 Å². The molecule has 0 saturated heterocycles. The zero-order valence-corrected chi connectivity index (χ0v) is 22.1. The predicted molar refractivity (Wildman–Crippen MR) is 124 cm³/mol. The van der Waals surface area contributed by atoms with Crippen molar-refractivity contribution in [3.05, 3.63) is 27.8 Å². The molecule has 33 heavy (non-hydrogen) atoms. The fourth-order valence-electron chi connectivity index (χ4n) is 4.58. The van der Waals surface area contributed by atoms with E-state index in [1.165, 1.54) is 6.20 Å². The predicted octanol–water partition coefficient (Wildman–Crippen LogP) is 2.61. The molecule has 186 valence electrons. The van der Waals surface area contributed by atoms with Crippen molar-refractivity contribution in [1.82, 2.24) is 4.98 Å². The molecule has 0 radical (unpaired) electrons. The number of nitrogens with one attached hydrogen (secondary N) is 1. The van der Waals surface area contributed by atoms with Crippen molar-refractivity contribution in [2.24, 2.45) is 0 Å². The highest BCUT2D eigenvalue weighted by molar-refractivity contribution is 9.10. The fourth-order valence-corrected chi connectivity index (χ4v) is 6.41. The Labute approximate surface area is 203 Å². The number of phosphoric acid groups is 1. The molecule has 0 aliphatic heterocycles. The quantitative estimate of drug-likeness (QED) is 0.272. The van der Waals surface area contributed by atoms with E-state index in [2.05, 4.69) is 20.9 Å². The summed E-state index contributed by atoms with van der Waals surface area (Å²) in [4.78, 5) is 13.5. The molecule has 7 N–H and O–H groups in total. The molecule has 13 heteroatoms. The van der Waals surface area contributed by atoms with Gasteiger partial charge in [0, 0.05) is 10.7 Å². The fraction of sp³-hybridized carbons (Fsp3) is 0.600. The summed E-state index contributed by atoms with van der Waals surface area (Å²) in [6.45, 7) is 6.08. The van der Waals surface area contributed by atoms with Crippen molar-refractivity contribution < 1.29 is 44.0 Å². The summed E-state index contributed by atoms with van der Waals surface area (Å²) in [6.07, 6.45) is 1.27. The smallest absolute Gasteiger partial charge is 0.402 e. The van der Waals surface area contributed by atoms with Gasteiger partial charge in [0.05, 0.1) is 15.9 Å². The lowest BCUT2D eigenvalue weighted by atomic mass is 9.47. The number of aromatic amines is 1. The van der Waals surface area contributed by atoms with Crippen molar-refractivity contribution in [1.29, 1.82) is 0 Å². The summed E-state index contributed by atoms with van der Waals surface area (Å²) in [6, 6.07) is 3.31. The molecule has 5 atom stereocenters. The number of halogens is 2. The molecule has 10 nitrogen and oxygen atoms in total. The Morgan fingerprint density at radius 3 is 1.85 bits per heavy atom. The number of benzene rings is 1. The maximum Gasteiger partial charge on any atom is 0.528 e. The van der Waals surface area contributed by atoms with Crippen LogP contribution in [0.2, 0.25) is 5.02 Å². The van der Waals surface area contributed by atoms with Gasteiger partial charge in [-0.15, -0.1) is 0 Å². The lowest BCUT2D eigenvalue weighted by molar-refractivity contribution is -0.412. The summed E-state index contributed by atoms with van der Waals surface area (Å²) >= 11 is 9.54. The van der Waals surface area contributed by atoms with Gasteiger partial charge in [0.15, 0.2) is 5.75 Å². The van der Waals surface area contributed by atoms with Gasteiger partial charge in [-0.2, -0.15) is 0 Å². The van der Waals surface area contributed by atoms with E-state index in [0.29, 0.717) is 9.99 Å². The first kappa shape index (κ1) is 26.9. The maximum atomic E-state index is 13.1. The van der Waals surface area contributed by atoms with E-state index in [9.17, 15) is 35.0 Å². The van der Waals surface area contributed by atoms with Crippen molar-refractivity contribution in [3.63, 3.8) is 0 Å². The zero-order chi connectivity index (χ0) is 25.6. The van der Waals surface area contributed by atoms with Crippen LogP contribution in [0.15, 0.2) is 22.8 Å². The first-order valence-electron chi connectivity index (χ1n) is 9.89. The Bertz CT molecular complexity index is 1130. The van der Waals surface area contributed by atoms with Gasteiger partial charge in [-0.3, -0.25) is 9.42 Å². The molecule has 2 aromatic rings. The Hall–Kier alpha value is -0.720. The highest BCUT2D eigenvalue weighted by Crippen LogP contribution is 2.63. The lowest BCUT2D eigenvalue weighted by Crippen LogP contribution is -2.91. The molecule has 1 aliphatic rings. The molecule has 0 spiro atoms. The lowest BCUT2D eigenvalue weighted by Gasteiger charge is -2.69. The van der Waals surface area contributed by atoms with Gasteiger partial charge in [0.25, 0.3) is 0 Å². The number of aromatic nitrogens is 1. The normalized spacial score (nSPS) is 43.5. The number of fused-ring (bicyclic) bond motifs is 1. The van der Waals surface area contributed by atoms with Crippen LogP contribution in [-0.4, -0.2) is 69.0 Å². The monoisotopic (exact) mass is 571 g/mol. The van der Waals surface area contributed by atoms with Crippen LogP contribution in [0.5, 0.6) is 5.75 Å². The van der Waals surface area contributed by atoms with E-state index in [1.807, 2.05) is 0 Å². The minimum atomic E-state index is -5.19. The van der Waals surface area contributed by atoms with E-state index in [0.717, 1.165) is 41.5 Å². The molecule has 1 aliphatic carbocycles. The third-order valence-corrected chi connectivity index (χ3v) is 10.2. The summed E-state index contributed by atoms with van der Waals surface area (Å²) in [5, 5.41) is 56.3. The standard InChI is InChI=1S/C20H28BrClNO9P/c1-15(24)16(2,25)18(4,27)20(6,19(5,28)17(15,3)26)32-33(29,30)31-12-9-23-11-8-7-10(21)14(22)13(11)12/h7-9,23-28H,1-6H3,(H,29,30). The van der Waals surface area contributed by atoms with Gasteiger partial charge in [-0.05, 0) is 69.6 Å². The van der Waals surface area contributed by atoms with Crippen LogP contribution in [-0.2, 0) is 9.09 Å². The van der Waals surface area contributed by atoms with Crippen molar-refractivity contribution in [2.45, 2.75) is 75.1 Å². The molecule has 0 amide bonds. The molecule has 1 aromatic carbocycles. The van der Waals surface area contributed by atoms with Gasteiger partial charge in [0.2, 0.25) is 0 Å². The second-order valence-corrected chi connectivity index (χ2v) is 12.0. The van der Waals surface area contributed by atoms with Gasteiger partial charge in [0.1, 0.15) is 33.6 Å². The summed E-state index contributed by atoms with van der Waals surface area (Å²) < 4.78 is 24.2. The van der Waals surface area contributed by atoms with Crippen LogP contribution in [0.1, 0.15) is 41.5 Å². The van der Waals surface area contributed by atoms with E-state index in [4.69, 9.17) is 20.6 Å². The Morgan fingerprint density at radius 1 is 0.909 bits per heavy atom. The molecule has 1 heterocycles. The highest BCUT2D eigenvalue weighted by Gasteiger charge is 2.82. The van der Waals surface area contributed by atoms with Gasteiger partial charge < -0.3 is 35.0 Å². The molecule has 3 rings (SSSR count). The Balaban J connectivity index is 2.12. The number of hydrogen-bond donors (Lipinski definition) is 7. The first-order valence-corrected chi connectivity index (χ1v) is 12.6. The second-order valence-electron chi connectivity index (χ2n) is 9.48. The zero-order valence-electron chi connectivity index (χ0n) is 18.8. The van der Waals surface area contributed by atoms with E-state index < -0.39 is 41.4 Å². The number of H-pyrrole nitrogens is 1. The van der Waals surface area contributed by atoms with Crippen molar-refractivity contribution in [3.8, 4) is 5.75 Å². The Kier molecular flexibility index (Phi) is 6.02. The third-order valence-electron chi connectivity index (χ3n) is 7.86. The van der Waals surface area contributed by atoms with Crippen molar-refractivity contribution in [2.75, 3.05) is 0 Å². The number of aliphatic hydroxyl groups is 5.